The van der Waals surface area contributed by atoms with Crippen molar-refractivity contribution in [1.82, 2.24) is 9.80 Å². The topological polar surface area (TPSA) is 32.8 Å². The van der Waals surface area contributed by atoms with E-state index >= 15 is 0 Å². The number of hydrogen-bond donors (Lipinski definition) is 0. The van der Waals surface area contributed by atoms with Crippen LogP contribution in [0.25, 0.3) is 0 Å². The number of rotatable bonds is 2. The molecule has 25 heavy (non-hydrogen) atoms. The van der Waals surface area contributed by atoms with Crippen LogP contribution < -0.4 is 0 Å². The van der Waals surface area contributed by atoms with Gasteiger partial charge in [-0.2, -0.15) is 0 Å². The molecule has 2 aliphatic rings. The Balaban J connectivity index is 1.57. The van der Waals surface area contributed by atoms with Gasteiger partial charge in [0, 0.05) is 42.6 Å². The first kappa shape index (κ1) is 19.0. The second-order valence-corrected chi connectivity index (χ2v) is 9.56. The molecule has 2 saturated heterocycles. The molecule has 3 rings (SSSR count). The summed E-state index contributed by atoms with van der Waals surface area (Å²) < 4.78 is 6.53. The summed E-state index contributed by atoms with van der Waals surface area (Å²) >= 11 is 9.76. The van der Waals surface area contributed by atoms with E-state index in [1.54, 1.807) is 0 Å². The van der Waals surface area contributed by atoms with E-state index in [2.05, 4.69) is 26.9 Å². The van der Waals surface area contributed by atoms with Crippen molar-refractivity contribution in [3.05, 3.63) is 33.3 Å². The molecule has 1 amide bonds. The van der Waals surface area contributed by atoms with E-state index in [-0.39, 0.29) is 11.5 Å². The van der Waals surface area contributed by atoms with Gasteiger partial charge in [-0.05, 0) is 61.2 Å². The third-order valence-electron chi connectivity index (χ3n) is 4.86. The molecule has 0 bridgehead atoms. The highest BCUT2D eigenvalue weighted by Crippen LogP contribution is 2.40. The number of nitrogens with zero attached hydrogens (tertiary/aromatic N) is 2. The minimum atomic E-state index is -0.438. The quantitative estimate of drug-likeness (QED) is 0.668. The van der Waals surface area contributed by atoms with Crippen molar-refractivity contribution in [3.8, 4) is 0 Å². The molecule has 2 fully saturated rings. The van der Waals surface area contributed by atoms with Crippen LogP contribution >= 0.6 is 27.5 Å². The highest BCUT2D eigenvalue weighted by molar-refractivity contribution is 9.10. The first-order chi connectivity index (χ1) is 11.7. The number of benzene rings is 1. The van der Waals surface area contributed by atoms with Gasteiger partial charge in [-0.1, -0.05) is 23.7 Å². The standard InChI is InChI=1S/C19H26BrClN2O2/c1-18(2,3)25-17(24)23-9-5-8-19(13-23)11-22(12-19)10-14-6-4-7-15(21)16(14)20/h4,6-7H,5,8-13H2,1-3H3. The van der Waals surface area contributed by atoms with Crippen LogP contribution in [0.3, 0.4) is 0 Å². The van der Waals surface area contributed by atoms with Crippen molar-refractivity contribution in [2.24, 2.45) is 5.41 Å². The number of amides is 1. The van der Waals surface area contributed by atoms with Gasteiger partial charge in [0.05, 0.1) is 5.02 Å². The third-order valence-corrected chi connectivity index (χ3v) is 6.34. The molecule has 4 nitrogen and oxygen atoms in total. The first-order valence-corrected chi connectivity index (χ1v) is 9.98. The lowest BCUT2D eigenvalue weighted by Gasteiger charge is -2.54. The van der Waals surface area contributed by atoms with Crippen LogP contribution in [-0.4, -0.2) is 47.7 Å². The van der Waals surface area contributed by atoms with E-state index < -0.39 is 5.60 Å². The number of piperidine rings is 1. The van der Waals surface area contributed by atoms with Crippen LogP contribution in [0.5, 0.6) is 0 Å². The Bertz CT molecular complexity index is 653. The van der Waals surface area contributed by atoms with Gasteiger partial charge in [0.25, 0.3) is 0 Å². The zero-order chi connectivity index (χ0) is 18.2. The second-order valence-electron chi connectivity index (χ2n) is 8.36. The monoisotopic (exact) mass is 428 g/mol. The largest absolute Gasteiger partial charge is 0.444 e. The molecule has 0 atom stereocenters. The molecule has 1 aromatic rings. The van der Waals surface area contributed by atoms with Gasteiger partial charge in [-0.3, -0.25) is 4.90 Å². The molecule has 0 aromatic heterocycles. The van der Waals surface area contributed by atoms with E-state index in [4.69, 9.17) is 16.3 Å². The lowest BCUT2D eigenvalue weighted by Crippen LogP contribution is -2.63. The first-order valence-electron chi connectivity index (χ1n) is 8.81. The fraction of sp³-hybridized carbons (Fsp3) is 0.632. The number of ether oxygens (including phenoxy) is 1. The van der Waals surface area contributed by atoms with E-state index in [1.165, 1.54) is 12.0 Å². The maximum absolute atomic E-state index is 12.4. The highest BCUT2D eigenvalue weighted by atomic mass is 79.9. The molecule has 0 unspecified atom stereocenters. The molecule has 6 heteroatoms. The average molecular weight is 430 g/mol. The van der Waals surface area contributed by atoms with Crippen LogP contribution in [0.15, 0.2) is 22.7 Å². The zero-order valence-electron chi connectivity index (χ0n) is 15.1. The van der Waals surface area contributed by atoms with Gasteiger partial charge in [-0.15, -0.1) is 0 Å². The highest BCUT2D eigenvalue weighted by Gasteiger charge is 2.46. The predicted octanol–water partition coefficient (Wildman–Crippen LogP) is 4.94. The Hall–Kier alpha value is -0.780. The fourth-order valence-corrected chi connectivity index (χ4v) is 4.46. The van der Waals surface area contributed by atoms with Gasteiger partial charge in [0.15, 0.2) is 0 Å². The summed E-state index contributed by atoms with van der Waals surface area (Å²) in [7, 11) is 0. The normalized spacial score (nSPS) is 20.4. The summed E-state index contributed by atoms with van der Waals surface area (Å²) in [6.07, 6.45) is 2.05. The summed E-state index contributed by atoms with van der Waals surface area (Å²) in [4.78, 5) is 16.7. The lowest BCUT2D eigenvalue weighted by molar-refractivity contribution is -0.0634. The van der Waals surface area contributed by atoms with E-state index in [0.29, 0.717) is 0 Å². The van der Waals surface area contributed by atoms with Crippen LogP contribution in [-0.2, 0) is 11.3 Å². The molecule has 2 aliphatic heterocycles. The van der Waals surface area contributed by atoms with E-state index in [1.807, 2.05) is 37.8 Å². The number of carbonyl (C=O) groups excluding carboxylic acids is 1. The Morgan fingerprint density at radius 3 is 2.72 bits per heavy atom. The van der Waals surface area contributed by atoms with Crippen molar-refractivity contribution >= 4 is 33.6 Å². The molecule has 2 heterocycles. The molecule has 0 aliphatic carbocycles. The summed E-state index contributed by atoms with van der Waals surface area (Å²) in [5.41, 5.74) is 0.994. The number of carbonyl (C=O) groups is 1. The smallest absolute Gasteiger partial charge is 0.410 e. The van der Waals surface area contributed by atoms with Crippen LogP contribution in [0.4, 0.5) is 4.79 Å². The molecular formula is C19H26BrClN2O2. The van der Waals surface area contributed by atoms with Crippen LogP contribution in [0.1, 0.15) is 39.2 Å². The van der Waals surface area contributed by atoms with E-state index in [0.717, 1.165) is 48.6 Å². The Kier molecular flexibility index (Phi) is 5.38. The van der Waals surface area contributed by atoms with Gasteiger partial charge in [0.1, 0.15) is 5.60 Å². The summed E-state index contributed by atoms with van der Waals surface area (Å²) in [5, 5.41) is 0.751. The Morgan fingerprint density at radius 2 is 2.04 bits per heavy atom. The van der Waals surface area contributed by atoms with Gasteiger partial charge >= 0.3 is 6.09 Å². The van der Waals surface area contributed by atoms with Crippen LogP contribution in [0, 0.1) is 5.41 Å². The Labute approximate surface area is 163 Å². The minimum absolute atomic E-state index is 0.178. The minimum Gasteiger partial charge on any atom is -0.444 e. The maximum atomic E-state index is 12.4. The van der Waals surface area contributed by atoms with Gasteiger partial charge < -0.3 is 9.64 Å². The van der Waals surface area contributed by atoms with Crippen molar-refractivity contribution in [1.29, 1.82) is 0 Å². The predicted molar refractivity (Wildman–Crippen MR) is 104 cm³/mol. The third kappa shape index (κ3) is 4.50. The van der Waals surface area contributed by atoms with Gasteiger partial charge in [-0.25, -0.2) is 4.79 Å². The molecule has 1 aromatic carbocycles. The van der Waals surface area contributed by atoms with Crippen molar-refractivity contribution in [2.75, 3.05) is 26.2 Å². The SMILES string of the molecule is CC(C)(C)OC(=O)N1CCCC2(CN(Cc3cccc(Cl)c3Br)C2)C1. The summed E-state index contributed by atoms with van der Waals surface area (Å²) in [6.45, 7) is 10.3. The average Bonchev–Trinajstić information content (AvgIpc) is 2.49. The summed E-state index contributed by atoms with van der Waals surface area (Å²) in [5.74, 6) is 0. The molecule has 1 spiro atoms. The molecule has 0 N–H and O–H groups in total. The number of likely N-dealkylation sites (tertiary alicyclic amines) is 2. The number of hydrogen-bond acceptors (Lipinski definition) is 3. The van der Waals surface area contributed by atoms with Gasteiger partial charge in [0.2, 0.25) is 0 Å². The van der Waals surface area contributed by atoms with E-state index in [9.17, 15) is 4.79 Å². The lowest BCUT2D eigenvalue weighted by atomic mass is 9.73. The fourth-order valence-electron chi connectivity index (χ4n) is 3.87. The molecule has 0 saturated carbocycles. The molecule has 138 valence electrons. The molecular weight excluding hydrogens is 404 g/mol. The Morgan fingerprint density at radius 1 is 1.32 bits per heavy atom. The number of halogens is 2. The second kappa shape index (κ2) is 7.09. The summed E-state index contributed by atoms with van der Waals surface area (Å²) in [6, 6.07) is 5.99. The van der Waals surface area contributed by atoms with Crippen molar-refractivity contribution < 1.29 is 9.53 Å². The molecule has 0 radical (unpaired) electrons. The van der Waals surface area contributed by atoms with Crippen molar-refractivity contribution in [3.63, 3.8) is 0 Å². The van der Waals surface area contributed by atoms with Crippen molar-refractivity contribution in [2.45, 2.75) is 45.8 Å². The van der Waals surface area contributed by atoms with Crippen LogP contribution in [0.2, 0.25) is 5.02 Å². The zero-order valence-corrected chi connectivity index (χ0v) is 17.5. The maximum Gasteiger partial charge on any atom is 0.410 e.